The number of rotatable bonds is 0. The Morgan fingerprint density at radius 2 is 2.00 bits per heavy atom. The van der Waals surface area contributed by atoms with E-state index in [9.17, 15) is 9.18 Å². The molecule has 0 saturated carbocycles. The van der Waals surface area contributed by atoms with Crippen LogP contribution in [0.5, 0.6) is 0 Å². The van der Waals surface area contributed by atoms with Crippen molar-refractivity contribution in [3.63, 3.8) is 0 Å². The zero-order valence-electron chi connectivity index (χ0n) is 8.44. The smallest absolute Gasteiger partial charge is 0.234 e. The number of hydrogen-bond donors (Lipinski definition) is 1. The van der Waals surface area contributed by atoms with Crippen LogP contribution in [0, 0.1) is 12.7 Å². The molecule has 2 nitrogen and oxygen atoms in total. The number of carbonyl (C=O) groups is 1. The molecule has 3 heteroatoms. The van der Waals surface area contributed by atoms with E-state index in [0.29, 0.717) is 5.69 Å². The molecule has 1 heterocycles. The van der Waals surface area contributed by atoms with Gasteiger partial charge in [0.05, 0.1) is 11.1 Å². The minimum atomic E-state index is -0.623. The number of halogens is 1. The first-order valence-corrected chi connectivity index (χ1v) is 4.55. The topological polar surface area (TPSA) is 29.1 Å². The van der Waals surface area contributed by atoms with E-state index in [0.717, 1.165) is 11.1 Å². The largest absolute Gasteiger partial charge is 0.323 e. The quantitative estimate of drug-likeness (QED) is 0.673. The predicted octanol–water partition coefficient (Wildman–Crippen LogP) is 2.36. The lowest BCUT2D eigenvalue weighted by atomic mass is 9.83. The lowest BCUT2D eigenvalue weighted by Crippen LogP contribution is -2.27. The molecule has 2 rings (SSSR count). The third kappa shape index (κ3) is 0.983. The Balaban J connectivity index is 2.76. The minimum Gasteiger partial charge on any atom is -0.323 e. The Bertz CT molecular complexity index is 424. The van der Waals surface area contributed by atoms with Crippen LogP contribution in [0.3, 0.4) is 0 Å². The van der Waals surface area contributed by atoms with Crippen LogP contribution in [0.25, 0.3) is 0 Å². The summed E-state index contributed by atoms with van der Waals surface area (Å²) in [4.78, 5) is 11.6. The molecular formula is C11H12FNO. The first-order chi connectivity index (χ1) is 6.44. The van der Waals surface area contributed by atoms with Crippen molar-refractivity contribution in [1.29, 1.82) is 0 Å². The van der Waals surface area contributed by atoms with Crippen molar-refractivity contribution in [2.24, 2.45) is 0 Å². The first kappa shape index (κ1) is 9.19. The third-order valence-electron chi connectivity index (χ3n) is 2.79. The lowest BCUT2D eigenvalue weighted by Gasteiger charge is -2.17. The van der Waals surface area contributed by atoms with E-state index < -0.39 is 5.41 Å². The monoisotopic (exact) mass is 193 g/mol. The molecule has 1 aromatic carbocycles. The molecule has 0 aromatic heterocycles. The van der Waals surface area contributed by atoms with Gasteiger partial charge in [0.1, 0.15) is 5.82 Å². The van der Waals surface area contributed by atoms with Gasteiger partial charge in [-0.15, -0.1) is 0 Å². The minimum absolute atomic E-state index is 0.138. The Morgan fingerprint density at radius 3 is 2.57 bits per heavy atom. The van der Waals surface area contributed by atoms with E-state index in [-0.39, 0.29) is 11.7 Å². The number of anilines is 1. The van der Waals surface area contributed by atoms with Crippen LogP contribution in [0.15, 0.2) is 12.1 Å². The molecule has 0 fully saturated rings. The van der Waals surface area contributed by atoms with Gasteiger partial charge in [0.2, 0.25) is 5.91 Å². The number of benzene rings is 1. The summed E-state index contributed by atoms with van der Waals surface area (Å²) in [6.07, 6.45) is 0. The SMILES string of the molecule is Cc1ccc(F)c2c1C(C)(C)C(=O)N2. The van der Waals surface area contributed by atoms with Crippen molar-refractivity contribution in [2.45, 2.75) is 26.2 Å². The average Bonchev–Trinajstić information content (AvgIpc) is 2.33. The summed E-state index contributed by atoms with van der Waals surface area (Å²) in [5.74, 6) is -0.495. The van der Waals surface area contributed by atoms with Gasteiger partial charge in [-0.2, -0.15) is 0 Å². The van der Waals surface area contributed by atoms with Crippen LogP contribution in [-0.4, -0.2) is 5.91 Å². The Kier molecular flexibility index (Phi) is 1.68. The summed E-state index contributed by atoms with van der Waals surface area (Å²) in [6, 6.07) is 3.09. The lowest BCUT2D eigenvalue weighted by molar-refractivity contribution is -0.119. The van der Waals surface area contributed by atoms with E-state index in [2.05, 4.69) is 5.32 Å². The molecule has 0 bridgehead atoms. The maximum atomic E-state index is 13.4. The van der Waals surface area contributed by atoms with Crippen LogP contribution in [0.2, 0.25) is 0 Å². The van der Waals surface area contributed by atoms with Crippen molar-refractivity contribution in [1.82, 2.24) is 0 Å². The van der Waals surface area contributed by atoms with E-state index in [1.54, 1.807) is 19.9 Å². The Hall–Kier alpha value is -1.38. The molecule has 1 amide bonds. The van der Waals surface area contributed by atoms with Gasteiger partial charge in [0.25, 0.3) is 0 Å². The highest BCUT2D eigenvalue weighted by Gasteiger charge is 2.40. The van der Waals surface area contributed by atoms with Gasteiger partial charge in [-0.3, -0.25) is 4.79 Å². The molecule has 0 aliphatic carbocycles. The molecular weight excluding hydrogens is 181 g/mol. The summed E-state index contributed by atoms with van der Waals surface area (Å²) >= 11 is 0. The maximum absolute atomic E-state index is 13.4. The molecule has 0 saturated heterocycles. The van der Waals surface area contributed by atoms with Gasteiger partial charge < -0.3 is 5.32 Å². The van der Waals surface area contributed by atoms with Crippen LogP contribution in [-0.2, 0) is 10.2 Å². The van der Waals surface area contributed by atoms with Crippen LogP contribution in [0.4, 0.5) is 10.1 Å². The fraction of sp³-hybridized carbons (Fsp3) is 0.364. The third-order valence-corrected chi connectivity index (χ3v) is 2.79. The number of aryl methyl sites for hydroxylation is 1. The molecule has 0 unspecified atom stereocenters. The molecule has 0 atom stereocenters. The molecule has 1 aliphatic rings. The second-order valence-corrected chi connectivity index (χ2v) is 4.19. The Labute approximate surface area is 82.1 Å². The number of hydrogen-bond acceptors (Lipinski definition) is 1. The number of carbonyl (C=O) groups excluding carboxylic acids is 1. The van der Waals surface area contributed by atoms with E-state index in [1.165, 1.54) is 6.07 Å². The summed E-state index contributed by atoms with van der Waals surface area (Å²) in [6.45, 7) is 5.50. The van der Waals surface area contributed by atoms with Crippen LogP contribution >= 0.6 is 0 Å². The normalized spacial score (nSPS) is 17.9. The highest BCUT2D eigenvalue weighted by Crippen LogP contribution is 2.40. The van der Waals surface area contributed by atoms with Gasteiger partial charge in [-0.05, 0) is 38.0 Å². The molecule has 1 aliphatic heterocycles. The van der Waals surface area contributed by atoms with E-state index in [1.807, 2.05) is 6.92 Å². The van der Waals surface area contributed by atoms with Crippen molar-refractivity contribution >= 4 is 11.6 Å². The van der Waals surface area contributed by atoms with E-state index in [4.69, 9.17) is 0 Å². The molecule has 74 valence electrons. The van der Waals surface area contributed by atoms with Gasteiger partial charge in [0, 0.05) is 0 Å². The van der Waals surface area contributed by atoms with Gasteiger partial charge >= 0.3 is 0 Å². The summed E-state index contributed by atoms with van der Waals surface area (Å²) < 4.78 is 13.4. The molecule has 1 N–H and O–H groups in total. The second kappa shape index (κ2) is 2.56. The first-order valence-electron chi connectivity index (χ1n) is 4.55. The van der Waals surface area contributed by atoms with Crippen molar-refractivity contribution in [3.05, 3.63) is 29.1 Å². The van der Waals surface area contributed by atoms with E-state index >= 15 is 0 Å². The highest BCUT2D eigenvalue weighted by atomic mass is 19.1. The zero-order chi connectivity index (χ0) is 10.5. The number of amides is 1. The average molecular weight is 193 g/mol. The standard InChI is InChI=1S/C11H12FNO/c1-6-4-5-7(12)9-8(6)11(2,3)10(14)13-9/h4-5H,1-3H3,(H,13,14). The van der Waals surface area contributed by atoms with Crippen LogP contribution in [0.1, 0.15) is 25.0 Å². The van der Waals surface area contributed by atoms with Crippen molar-refractivity contribution in [3.8, 4) is 0 Å². The zero-order valence-corrected chi connectivity index (χ0v) is 8.44. The predicted molar refractivity (Wildman–Crippen MR) is 52.8 cm³/mol. The molecule has 0 radical (unpaired) electrons. The Morgan fingerprint density at radius 1 is 1.36 bits per heavy atom. The maximum Gasteiger partial charge on any atom is 0.234 e. The van der Waals surface area contributed by atoms with Crippen molar-refractivity contribution < 1.29 is 9.18 Å². The molecule has 1 aromatic rings. The number of fused-ring (bicyclic) bond motifs is 1. The second-order valence-electron chi connectivity index (χ2n) is 4.19. The summed E-state index contributed by atoms with van der Waals surface area (Å²) in [5.41, 5.74) is 1.45. The van der Waals surface area contributed by atoms with Gasteiger partial charge in [0.15, 0.2) is 0 Å². The van der Waals surface area contributed by atoms with Gasteiger partial charge in [-0.25, -0.2) is 4.39 Å². The summed E-state index contributed by atoms with van der Waals surface area (Å²) in [5, 5.41) is 2.58. The molecule has 14 heavy (non-hydrogen) atoms. The highest BCUT2D eigenvalue weighted by molar-refractivity contribution is 6.06. The molecule has 0 spiro atoms. The number of nitrogens with one attached hydrogen (secondary N) is 1. The fourth-order valence-corrected chi connectivity index (χ4v) is 1.99. The summed E-state index contributed by atoms with van der Waals surface area (Å²) in [7, 11) is 0. The fourth-order valence-electron chi connectivity index (χ4n) is 1.99. The van der Waals surface area contributed by atoms with Gasteiger partial charge in [-0.1, -0.05) is 6.07 Å². The van der Waals surface area contributed by atoms with Crippen LogP contribution < -0.4 is 5.32 Å². The van der Waals surface area contributed by atoms with Crippen molar-refractivity contribution in [2.75, 3.05) is 5.32 Å².